The molecule has 3 rings (SSSR count). The van der Waals surface area contributed by atoms with Crippen LogP contribution >= 0.6 is 0 Å². The van der Waals surface area contributed by atoms with Crippen molar-refractivity contribution >= 4 is 17.5 Å². The number of hydrogen-bond acceptors (Lipinski definition) is 3. The highest BCUT2D eigenvalue weighted by molar-refractivity contribution is 6.00. The molecule has 1 fully saturated rings. The van der Waals surface area contributed by atoms with Crippen molar-refractivity contribution in [2.75, 3.05) is 18.0 Å². The van der Waals surface area contributed by atoms with E-state index in [2.05, 4.69) is 23.6 Å². The van der Waals surface area contributed by atoms with E-state index in [4.69, 9.17) is 0 Å². The second-order valence-electron chi connectivity index (χ2n) is 5.46. The van der Waals surface area contributed by atoms with Gasteiger partial charge in [0.1, 0.15) is 6.04 Å². The zero-order valence-corrected chi connectivity index (χ0v) is 11.6. The number of rotatable bonds is 1. The molecule has 1 aromatic rings. The summed E-state index contributed by atoms with van der Waals surface area (Å²) in [5.41, 5.74) is 2.23. The molecular formula is C15H19N3O2. The van der Waals surface area contributed by atoms with Gasteiger partial charge in [-0.25, -0.2) is 0 Å². The predicted molar refractivity (Wildman–Crippen MR) is 76.5 cm³/mol. The number of nitrogens with one attached hydrogen (secondary N) is 2. The van der Waals surface area contributed by atoms with Gasteiger partial charge in [-0.2, -0.15) is 0 Å². The molecule has 0 radical (unpaired) electrons. The fourth-order valence-corrected chi connectivity index (χ4v) is 2.93. The molecule has 2 amide bonds. The highest BCUT2D eigenvalue weighted by atomic mass is 16.2. The number of benzene rings is 1. The number of carbonyl (C=O) groups is 2. The van der Waals surface area contributed by atoms with Gasteiger partial charge in [-0.05, 0) is 31.4 Å². The van der Waals surface area contributed by atoms with Gasteiger partial charge in [0, 0.05) is 18.3 Å². The van der Waals surface area contributed by atoms with E-state index in [1.807, 2.05) is 23.1 Å². The van der Waals surface area contributed by atoms with Gasteiger partial charge < -0.3 is 10.2 Å². The quantitative estimate of drug-likeness (QED) is 0.780. The van der Waals surface area contributed by atoms with Crippen molar-refractivity contribution in [2.45, 2.75) is 31.8 Å². The Kier molecular flexibility index (Phi) is 3.44. The fraction of sp³-hybridized carbons (Fsp3) is 0.467. The van der Waals surface area contributed by atoms with E-state index in [9.17, 15) is 9.59 Å². The Morgan fingerprint density at radius 3 is 2.90 bits per heavy atom. The first-order valence-corrected chi connectivity index (χ1v) is 7.08. The van der Waals surface area contributed by atoms with Crippen molar-refractivity contribution in [1.29, 1.82) is 0 Å². The number of para-hydroxylation sites is 1. The molecule has 5 heteroatoms. The Morgan fingerprint density at radius 2 is 2.15 bits per heavy atom. The number of hydrogen-bond donors (Lipinski definition) is 2. The van der Waals surface area contributed by atoms with Gasteiger partial charge in [-0.15, -0.1) is 0 Å². The van der Waals surface area contributed by atoms with Gasteiger partial charge in [0.25, 0.3) is 0 Å². The lowest BCUT2D eigenvalue weighted by molar-refractivity contribution is -0.125. The van der Waals surface area contributed by atoms with Gasteiger partial charge in [0.05, 0.1) is 6.54 Å². The van der Waals surface area contributed by atoms with Crippen molar-refractivity contribution in [3.05, 3.63) is 29.8 Å². The van der Waals surface area contributed by atoms with Crippen molar-refractivity contribution in [3.8, 4) is 0 Å². The van der Waals surface area contributed by atoms with Crippen LogP contribution in [0.5, 0.6) is 0 Å². The third kappa shape index (κ3) is 2.29. The number of anilines is 1. The van der Waals surface area contributed by atoms with Crippen LogP contribution in [-0.4, -0.2) is 37.0 Å². The van der Waals surface area contributed by atoms with E-state index in [1.54, 1.807) is 0 Å². The lowest BCUT2D eigenvalue weighted by atomic mass is 9.95. The molecule has 2 aliphatic rings. The summed E-state index contributed by atoms with van der Waals surface area (Å²) in [6, 6.07) is 7.92. The molecule has 5 nitrogen and oxygen atoms in total. The molecule has 0 bridgehead atoms. The monoisotopic (exact) mass is 273 g/mol. The molecule has 20 heavy (non-hydrogen) atoms. The zero-order chi connectivity index (χ0) is 14.1. The van der Waals surface area contributed by atoms with Gasteiger partial charge in [0.2, 0.25) is 11.8 Å². The van der Waals surface area contributed by atoms with Crippen LogP contribution in [0.2, 0.25) is 0 Å². The second-order valence-corrected chi connectivity index (χ2v) is 5.46. The minimum absolute atomic E-state index is 0.0460. The smallest absolute Gasteiger partial charge is 0.246 e. The van der Waals surface area contributed by atoms with Crippen LogP contribution in [0, 0.1) is 0 Å². The number of carbonyl (C=O) groups excluding carboxylic acids is 2. The molecule has 1 aromatic carbocycles. The molecule has 0 aromatic heterocycles. The number of amides is 2. The SMILES string of the molecule is CC1CCc2ccccc2N1C(=O)C1CNC(=O)CN1. The normalized spacial score (nSPS) is 25.9. The Labute approximate surface area is 118 Å². The summed E-state index contributed by atoms with van der Waals surface area (Å²) in [7, 11) is 0. The van der Waals surface area contributed by atoms with E-state index in [0.29, 0.717) is 6.54 Å². The molecule has 0 spiro atoms. The average Bonchev–Trinajstić information content (AvgIpc) is 2.47. The third-order valence-corrected chi connectivity index (χ3v) is 4.07. The summed E-state index contributed by atoms with van der Waals surface area (Å²) in [5.74, 6) is -0.00853. The largest absolute Gasteiger partial charge is 0.353 e. The Hall–Kier alpha value is -1.88. The summed E-state index contributed by atoms with van der Waals surface area (Å²) in [6.45, 7) is 2.65. The number of fused-ring (bicyclic) bond motifs is 1. The fourth-order valence-electron chi connectivity index (χ4n) is 2.93. The van der Waals surface area contributed by atoms with E-state index in [0.717, 1.165) is 18.5 Å². The predicted octanol–water partition coefficient (Wildman–Crippen LogP) is 0.442. The molecule has 2 atom stereocenters. The number of piperazine rings is 1. The first-order valence-electron chi connectivity index (χ1n) is 7.08. The Morgan fingerprint density at radius 1 is 1.35 bits per heavy atom. The van der Waals surface area contributed by atoms with Crippen LogP contribution in [0.15, 0.2) is 24.3 Å². The van der Waals surface area contributed by atoms with Crippen LogP contribution in [0.4, 0.5) is 5.69 Å². The minimum Gasteiger partial charge on any atom is -0.353 e. The highest BCUT2D eigenvalue weighted by Crippen LogP contribution is 2.30. The molecule has 2 unspecified atom stereocenters. The summed E-state index contributed by atoms with van der Waals surface area (Å²) in [4.78, 5) is 25.8. The first-order chi connectivity index (χ1) is 9.66. The Bertz CT molecular complexity index is 534. The molecule has 1 saturated heterocycles. The molecule has 2 heterocycles. The highest BCUT2D eigenvalue weighted by Gasteiger charge is 2.34. The minimum atomic E-state index is -0.332. The van der Waals surface area contributed by atoms with Crippen LogP contribution in [0.3, 0.4) is 0 Å². The molecular weight excluding hydrogens is 254 g/mol. The summed E-state index contributed by atoms with van der Waals surface area (Å²) in [6.07, 6.45) is 1.98. The van der Waals surface area contributed by atoms with Crippen LogP contribution in [0.1, 0.15) is 18.9 Å². The molecule has 2 N–H and O–H groups in total. The topological polar surface area (TPSA) is 61.4 Å². The van der Waals surface area contributed by atoms with E-state index >= 15 is 0 Å². The average molecular weight is 273 g/mol. The summed E-state index contributed by atoms with van der Waals surface area (Å²) >= 11 is 0. The maximum absolute atomic E-state index is 12.7. The maximum atomic E-state index is 12.7. The van der Waals surface area contributed by atoms with Crippen molar-refractivity contribution in [1.82, 2.24) is 10.6 Å². The third-order valence-electron chi connectivity index (χ3n) is 4.07. The number of aryl methyl sites for hydroxylation is 1. The zero-order valence-electron chi connectivity index (χ0n) is 11.6. The van der Waals surface area contributed by atoms with Crippen LogP contribution < -0.4 is 15.5 Å². The van der Waals surface area contributed by atoms with Crippen molar-refractivity contribution < 1.29 is 9.59 Å². The van der Waals surface area contributed by atoms with Gasteiger partial charge in [-0.1, -0.05) is 18.2 Å². The summed E-state index contributed by atoms with van der Waals surface area (Å²) < 4.78 is 0. The Balaban J connectivity index is 1.85. The molecule has 0 saturated carbocycles. The molecule has 2 aliphatic heterocycles. The molecule has 0 aliphatic carbocycles. The lowest BCUT2D eigenvalue weighted by Crippen LogP contribution is -2.60. The van der Waals surface area contributed by atoms with E-state index < -0.39 is 0 Å². The lowest BCUT2D eigenvalue weighted by Gasteiger charge is -2.38. The van der Waals surface area contributed by atoms with Crippen molar-refractivity contribution in [3.63, 3.8) is 0 Å². The van der Waals surface area contributed by atoms with Crippen LogP contribution in [-0.2, 0) is 16.0 Å². The van der Waals surface area contributed by atoms with Crippen LogP contribution in [0.25, 0.3) is 0 Å². The first kappa shape index (κ1) is 13.1. The maximum Gasteiger partial charge on any atom is 0.246 e. The standard InChI is InChI=1S/C15H19N3O2/c1-10-6-7-11-4-2-3-5-13(11)18(10)15(20)12-8-17-14(19)9-16-12/h2-5,10,12,16H,6-9H2,1H3,(H,17,19). The summed E-state index contributed by atoms with van der Waals surface area (Å²) in [5, 5.41) is 5.76. The molecule has 106 valence electrons. The van der Waals surface area contributed by atoms with E-state index in [1.165, 1.54) is 5.56 Å². The van der Waals surface area contributed by atoms with E-state index in [-0.39, 0.29) is 30.4 Å². The number of nitrogens with zero attached hydrogens (tertiary/aromatic N) is 1. The second kappa shape index (κ2) is 5.25. The van der Waals surface area contributed by atoms with Crippen molar-refractivity contribution in [2.24, 2.45) is 0 Å². The van der Waals surface area contributed by atoms with Gasteiger partial charge in [0.15, 0.2) is 0 Å². The van der Waals surface area contributed by atoms with Gasteiger partial charge >= 0.3 is 0 Å². The van der Waals surface area contributed by atoms with Gasteiger partial charge in [-0.3, -0.25) is 14.9 Å².